The van der Waals surface area contributed by atoms with Gasteiger partial charge in [0.25, 0.3) is 0 Å². The second-order valence-electron chi connectivity index (χ2n) is 9.04. The van der Waals surface area contributed by atoms with Gasteiger partial charge in [0.15, 0.2) is 0 Å². The van der Waals surface area contributed by atoms with E-state index in [2.05, 4.69) is 0 Å². The minimum atomic E-state index is -1.24. The molecule has 6 rings (SSSR count). The summed E-state index contributed by atoms with van der Waals surface area (Å²) in [5.74, 6) is -4.94. The number of carboxylic acids is 4. The van der Waals surface area contributed by atoms with Crippen molar-refractivity contribution in [1.29, 1.82) is 0 Å². The first-order chi connectivity index (χ1) is 19.2. The van der Waals surface area contributed by atoms with Crippen molar-refractivity contribution in [3.05, 3.63) is 119 Å². The first-order valence-corrected chi connectivity index (χ1v) is 12.0. The molecule has 8 nitrogen and oxygen atoms in total. The van der Waals surface area contributed by atoms with Crippen LogP contribution in [0, 0.1) is 0 Å². The van der Waals surface area contributed by atoms with E-state index in [0.717, 1.165) is 21.5 Å². The average Bonchev–Trinajstić information content (AvgIpc) is 2.93. The van der Waals surface area contributed by atoms with Crippen molar-refractivity contribution in [3.63, 3.8) is 0 Å². The maximum absolute atomic E-state index is 11.4. The van der Waals surface area contributed by atoms with E-state index in [1.807, 2.05) is 60.7 Å². The predicted octanol–water partition coefficient (Wildman–Crippen LogP) is 6.78. The Kier molecular flexibility index (Phi) is 8.19. The van der Waals surface area contributed by atoms with Crippen LogP contribution in [0.4, 0.5) is 0 Å². The van der Waals surface area contributed by atoms with E-state index in [1.165, 1.54) is 12.1 Å². The number of carbonyl (C=O) groups is 4. The zero-order valence-corrected chi connectivity index (χ0v) is 22.7. The largest absolute Gasteiger partial charge is 0.478 e. The summed E-state index contributed by atoms with van der Waals surface area (Å²) < 4.78 is 0. The smallest absolute Gasteiger partial charge is 0.337 e. The quantitative estimate of drug-likeness (QED) is 0.132. The summed E-state index contributed by atoms with van der Waals surface area (Å²) >= 11 is 0. The monoisotopic (exact) mass is 580 g/mol. The number of carboxylic acid groups (broad SMARTS) is 4. The van der Waals surface area contributed by atoms with E-state index in [9.17, 15) is 29.4 Å². The molecule has 0 aromatic heterocycles. The number of benzene rings is 6. The van der Waals surface area contributed by atoms with Crippen molar-refractivity contribution in [2.75, 3.05) is 0 Å². The fraction of sp³-hybridized carbons (Fsp3) is 0. The van der Waals surface area contributed by atoms with Gasteiger partial charge in [-0.25, -0.2) is 19.2 Å². The molecule has 4 N–H and O–H groups in total. The van der Waals surface area contributed by atoms with E-state index in [1.54, 1.807) is 24.3 Å². The van der Waals surface area contributed by atoms with Gasteiger partial charge in [-0.05, 0) is 79.5 Å². The van der Waals surface area contributed by atoms with Crippen LogP contribution in [0.1, 0.15) is 41.4 Å². The molecule has 200 valence electrons. The third kappa shape index (κ3) is 5.52. The second-order valence-corrected chi connectivity index (χ2v) is 9.04. The van der Waals surface area contributed by atoms with E-state index < -0.39 is 23.9 Å². The molecule has 41 heavy (non-hydrogen) atoms. The Bertz CT molecular complexity index is 1880. The molecule has 0 heterocycles. The molecular weight excluding hydrogens is 560 g/mol. The first kappa shape index (κ1) is 28.9. The van der Waals surface area contributed by atoms with Gasteiger partial charge in [0.05, 0.1) is 22.3 Å². The first-order valence-electron chi connectivity index (χ1n) is 12.0. The van der Waals surface area contributed by atoms with Gasteiger partial charge in [0, 0.05) is 21.7 Å². The van der Waals surface area contributed by atoms with Crippen LogP contribution < -0.4 is 0 Å². The maximum Gasteiger partial charge on any atom is 0.337 e. The molecule has 0 aliphatic heterocycles. The van der Waals surface area contributed by atoms with Gasteiger partial charge in [-0.2, -0.15) is 0 Å². The molecule has 6 aromatic rings. The molecule has 0 aliphatic rings. The summed E-state index contributed by atoms with van der Waals surface area (Å²) in [4.78, 5) is 45.2. The van der Waals surface area contributed by atoms with Gasteiger partial charge in [0.2, 0.25) is 0 Å². The minimum Gasteiger partial charge on any atom is -0.478 e. The fourth-order valence-corrected chi connectivity index (χ4v) is 4.84. The Morgan fingerprint density at radius 3 is 1.00 bits per heavy atom. The van der Waals surface area contributed by atoms with Crippen molar-refractivity contribution in [1.82, 2.24) is 0 Å². The van der Waals surface area contributed by atoms with Crippen molar-refractivity contribution in [2.45, 2.75) is 0 Å². The van der Waals surface area contributed by atoms with Crippen molar-refractivity contribution in [2.24, 2.45) is 0 Å². The summed E-state index contributed by atoms with van der Waals surface area (Å²) in [6.07, 6.45) is 0. The van der Waals surface area contributed by atoms with Gasteiger partial charge < -0.3 is 20.4 Å². The van der Waals surface area contributed by atoms with E-state index in [4.69, 9.17) is 10.2 Å². The Morgan fingerprint density at radius 2 is 0.707 bits per heavy atom. The van der Waals surface area contributed by atoms with Crippen LogP contribution in [0.5, 0.6) is 0 Å². The van der Waals surface area contributed by atoms with Gasteiger partial charge in [-0.3, -0.25) is 0 Å². The number of hydrogen-bond acceptors (Lipinski definition) is 4. The number of hydrogen-bond donors (Lipinski definition) is 4. The van der Waals surface area contributed by atoms with Crippen LogP contribution >= 0.6 is 0 Å². The van der Waals surface area contributed by atoms with Gasteiger partial charge >= 0.3 is 23.9 Å². The Labute approximate surface area is 247 Å². The molecule has 9 heteroatoms. The Morgan fingerprint density at radius 1 is 0.390 bits per heavy atom. The summed E-state index contributed by atoms with van der Waals surface area (Å²) in [5.41, 5.74) is -0.720. The van der Waals surface area contributed by atoms with Gasteiger partial charge in [0.1, 0.15) is 0 Å². The van der Waals surface area contributed by atoms with E-state index in [-0.39, 0.29) is 44.0 Å². The summed E-state index contributed by atoms with van der Waals surface area (Å²) in [6.45, 7) is 0. The van der Waals surface area contributed by atoms with Crippen LogP contribution in [0.3, 0.4) is 0 Å². The van der Waals surface area contributed by atoms with Crippen molar-refractivity contribution >= 4 is 67.0 Å². The van der Waals surface area contributed by atoms with Crippen LogP contribution in [-0.4, -0.2) is 44.3 Å². The van der Waals surface area contributed by atoms with Gasteiger partial charge in [-0.15, -0.1) is 0 Å². The summed E-state index contributed by atoms with van der Waals surface area (Å²) in [5, 5.41) is 42.9. The molecule has 0 bridgehead atoms. The Hall–Kier alpha value is -5.05. The average molecular weight is 580 g/mol. The molecule has 0 saturated heterocycles. The molecule has 0 amide bonds. The third-order valence-corrected chi connectivity index (χ3v) is 6.66. The van der Waals surface area contributed by atoms with Crippen LogP contribution in [0.2, 0.25) is 0 Å². The predicted molar refractivity (Wildman–Crippen MR) is 151 cm³/mol. The number of aromatic carboxylic acids is 4. The molecule has 6 aromatic carbocycles. The fourth-order valence-electron chi connectivity index (χ4n) is 4.84. The maximum atomic E-state index is 11.4. The van der Waals surface area contributed by atoms with Crippen molar-refractivity contribution in [3.8, 4) is 0 Å². The minimum absolute atomic E-state index is 0. The normalized spacial score (nSPS) is 10.5. The van der Waals surface area contributed by atoms with Crippen LogP contribution in [-0.2, 0) is 21.7 Å². The molecule has 0 saturated carbocycles. The van der Waals surface area contributed by atoms with E-state index in [0.29, 0.717) is 21.5 Å². The van der Waals surface area contributed by atoms with E-state index >= 15 is 0 Å². The molecule has 0 radical (unpaired) electrons. The topological polar surface area (TPSA) is 149 Å². The van der Waals surface area contributed by atoms with Gasteiger partial charge in [-0.1, -0.05) is 60.7 Å². The van der Waals surface area contributed by atoms with Crippen molar-refractivity contribution < 1.29 is 61.3 Å². The third-order valence-electron chi connectivity index (χ3n) is 6.66. The molecule has 0 atom stereocenters. The molecule has 0 unspecified atom stereocenters. The van der Waals surface area contributed by atoms with Crippen LogP contribution in [0.15, 0.2) is 97.1 Å². The van der Waals surface area contributed by atoms with Crippen LogP contribution in [0.25, 0.3) is 43.1 Å². The second kappa shape index (κ2) is 11.6. The number of fused-ring (bicyclic) bond motifs is 4. The standard InChI is InChI=1S/2C16H10O4.Ti/c2*17-15(18)12-6-5-11-7-9-3-1-2-4-10(9)8-13(11)14(12)16(19)20;/h2*1-8H,(H,17,18)(H,19,20);. The summed E-state index contributed by atoms with van der Waals surface area (Å²) in [7, 11) is 0. The molecule has 0 fully saturated rings. The molecule has 0 aliphatic carbocycles. The molecule has 0 spiro atoms. The SMILES string of the molecule is O=C(O)c1ccc2cc3ccccc3cc2c1C(=O)O.O=C(O)c1ccc2cc3ccccc3cc2c1C(=O)O.[Ti]. The Balaban J connectivity index is 0.000000184. The summed E-state index contributed by atoms with van der Waals surface area (Å²) in [6, 6.07) is 28.2. The zero-order chi connectivity index (χ0) is 28.6. The number of rotatable bonds is 4. The molecular formula is C32H20O8Ti. The zero-order valence-electron chi connectivity index (χ0n) is 21.2.